The van der Waals surface area contributed by atoms with Gasteiger partial charge in [0.25, 0.3) is 0 Å². The summed E-state index contributed by atoms with van der Waals surface area (Å²) in [5.74, 6) is 1.90. The van der Waals surface area contributed by atoms with Crippen molar-refractivity contribution in [1.29, 1.82) is 0 Å². The summed E-state index contributed by atoms with van der Waals surface area (Å²) in [6.45, 7) is 0. The monoisotopic (exact) mass is 422 g/mol. The molecule has 0 fully saturated rings. The molecule has 2 heterocycles. The molecule has 4 rings (SSSR count). The zero-order valence-corrected chi connectivity index (χ0v) is 17.1. The van der Waals surface area contributed by atoms with Crippen molar-refractivity contribution in [3.63, 3.8) is 0 Å². The first-order valence-electron chi connectivity index (χ1n) is 9.00. The number of pyridine rings is 1. The van der Waals surface area contributed by atoms with Crippen LogP contribution in [0.5, 0.6) is 11.5 Å². The second kappa shape index (κ2) is 8.30. The molecule has 0 radical (unpaired) electrons. The third-order valence-corrected chi connectivity index (χ3v) is 4.81. The average Bonchev–Trinajstić information content (AvgIpc) is 2.77. The molecule has 30 heavy (non-hydrogen) atoms. The van der Waals surface area contributed by atoms with E-state index < -0.39 is 0 Å². The van der Waals surface area contributed by atoms with Crippen LogP contribution in [0.3, 0.4) is 0 Å². The number of ether oxygens (including phenoxy) is 2. The first-order valence-corrected chi connectivity index (χ1v) is 9.38. The van der Waals surface area contributed by atoms with Crippen LogP contribution < -0.4 is 25.8 Å². The van der Waals surface area contributed by atoms with Crippen molar-refractivity contribution < 1.29 is 9.47 Å². The van der Waals surface area contributed by atoms with Gasteiger partial charge in [-0.05, 0) is 30.3 Å². The first kappa shape index (κ1) is 19.5. The summed E-state index contributed by atoms with van der Waals surface area (Å²) in [5, 5.41) is 7.80. The van der Waals surface area contributed by atoms with E-state index in [1.807, 2.05) is 30.3 Å². The molecule has 9 heteroatoms. The van der Waals surface area contributed by atoms with Crippen molar-refractivity contribution in [2.75, 3.05) is 30.6 Å². The lowest BCUT2D eigenvalue weighted by molar-refractivity contribution is 0.396. The van der Waals surface area contributed by atoms with Gasteiger partial charge in [0.2, 0.25) is 0 Å². The lowest BCUT2D eigenvalue weighted by Gasteiger charge is -2.16. The van der Waals surface area contributed by atoms with E-state index in [0.717, 1.165) is 16.6 Å². The molecule has 152 valence electrons. The summed E-state index contributed by atoms with van der Waals surface area (Å²) in [6, 6.07) is 13.0. The number of hydrogen-bond acceptors (Lipinski definition) is 8. The third-order valence-electron chi connectivity index (χ3n) is 4.51. The Morgan fingerprint density at radius 1 is 0.867 bits per heavy atom. The van der Waals surface area contributed by atoms with Gasteiger partial charge in [-0.15, -0.1) is 0 Å². The predicted molar refractivity (Wildman–Crippen MR) is 119 cm³/mol. The molecular formula is C21H19ClN6O2. The van der Waals surface area contributed by atoms with Crippen LogP contribution in [0.15, 0.2) is 55.0 Å². The Labute approximate surface area is 178 Å². The highest BCUT2D eigenvalue weighted by Crippen LogP contribution is 2.38. The molecule has 0 spiro atoms. The topological polar surface area (TPSA) is 107 Å². The lowest BCUT2D eigenvalue weighted by Crippen LogP contribution is -2.06. The molecule has 2 aromatic carbocycles. The second-order valence-corrected chi connectivity index (χ2v) is 6.70. The van der Waals surface area contributed by atoms with Crippen LogP contribution in [0.2, 0.25) is 5.02 Å². The Bertz CT molecular complexity index is 1210. The summed E-state index contributed by atoms with van der Waals surface area (Å²) >= 11 is 6.26. The maximum absolute atomic E-state index is 6.34. The van der Waals surface area contributed by atoms with Gasteiger partial charge in [-0.25, -0.2) is 9.97 Å². The molecule has 2 aromatic heterocycles. The molecule has 0 saturated carbocycles. The first-order chi connectivity index (χ1) is 14.6. The number of benzene rings is 2. The molecule has 0 amide bonds. The molecular weight excluding hydrogens is 404 g/mol. The van der Waals surface area contributed by atoms with E-state index in [4.69, 9.17) is 26.8 Å². The molecule has 4 aromatic rings. The highest BCUT2D eigenvalue weighted by atomic mass is 35.5. The highest BCUT2D eigenvalue weighted by molar-refractivity contribution is 6.32. The minimum absolute atomic E-state index is 0.340. The average molecular weight is 423 g/mol. The van der Waals surface area contributed by atoms with Crippen LogP contribution in [-0.4, -0.2) is 29.2 Å². The van der Waals surface area contributed by atoms with Gasteiger partial charge in [0.15, 0.2) is 11.6 Å². The number of anilines is 5. The van der Waals surface area contributed by atoms with Crippen molar-refractivity contribution in [3.05, 3.63) is 60.0 Å². The summed E-state index contributed by atoms with van der Waals surface area (Å²) in [4.78, 5) is 12.9. The van der Waals surface area contributed by atoms with Crippen LogP contribution in [-0.2, 0) is 0 Å². The fourth-order valence-electron chi connectivity index (χ4n) is 3.02. The van der Waals surface area contributed by atoms with Gasteiger partial charge in [-0.3, -0.25) is 4.98 Å². The van der Waals surface area contributed by atoms with E-state index in [-0.39, 0.29) is 0 Å². The van der Waals surface area contributed by atoms with Crippen LogP contribution in [0.25, 0.3) is 10.9 Å². The Hall–Kier alpha value is -3.78. The van der Waals surface area contributed by atoms with Crippen molar-refractivity contribution in [2.45, 2.75) is 0 Å². The standard InChI is InChI=1S/C21H19ClN6O2/c1-29-17-10-18(30-2)16(9-13(17)22)28-21-19(23)20(25-11-26-21)27-15-7-3-6-14-12(15)5-4-8-24-14/h3-11H,23H2,1-2H3,(H2,25,26,27,28). The summed E-state index contributed by atoms with van der Waals surface area (Å²) in [6.07, 6.45) is 3.17. The molecule has 0 saturated heterocycles. The van der Waals surface area contributed by atoms with Crippen LogP contribution in [0.1, 0.15) is 0 Å². The Kier molecular flexibility index (Phi) is 5.40. The van der Waals surface area contributed by atoms with Gasteiger partial charge in [0.1, 0.15) is 23.5 Å². The van der Waals surface area contributed by atoms with Crippen LogP contribution in [0.4, 0.5) is 28.7 Å². The largest absolute Gasteiger partial charge is 0.495 e. The highest BCUT2D eigenvalue weighted by Gasteiger charge is 2.14. The maximum atomic E-state index is 6.34. The molecule has 0 atom stereocenters. The van der Waals surface area contributed by atoms with E-state index >= 15 is 0 Å². The number of nitrogens with two attached hydrogens (primary N) is 1. The zero-order valence-electron chi connectivity index (χ0n) is 16.3. The van der Waals surface area contributed by atoms with Crippen molar-refractivity contribution in [1.82, 2.24) is 15.0 Å². The van der Waals surface area contributed by atoms with E-state index in [1.165, 1.54) is 13.4 Å². The van der Waals surface area contributed by atoms with E-state index in [0.29, 0.717) is 39.5 Å². The Morgan fingerprint density at radius 2 is 1.60 bits per heavy atom. The second-order valence-electron chi connectivity index (χ2n) is 6.30. The van der Waals surface area contributed by atoms with Gasteiger partial charge in [-0.1, -0.05) is 17.7 Å². The van der Waals surface area contributed by atoms with E-state index in [2.05, 4.69) is 25.6 Å². The van der Waals surface area contributed by atoms with Crippen molar-refractivity contribution >= 4 is 51.2 Å². The molecule has 0 bridgehead atoms. The quantitative estimate of drug-likeness (QED) is 0.408. The number of methoxy groups -OCH3 is 2. The molecule has 8 nitrogen and oxygen atoms in total. The van der Waals surface area contributed by atoms with E-state index in [9.17, 15) is 0 Å². The van der Waals surface area contributed by atoms with Crippen LogP contribution >= 0.6 is 11.6 Å². The number of hydrogen-bond donors (Lipinski definition) is 3. The molecule has 4 N–H and O–H groups in total. The Balaban J connectivity index is 1.68. The fraction of sp³-hybridized carbons (Fsp3) is 0.0952. The number of nitrogens with zero attached hydrogens (tertiary/aromatic N) is 3. The van der Waals surface area contributed by atoms with Gasteiger partial charge in [0, 0.05) is 23.3 Å². The number of aromatic nitrogens is 3. The van der Waals surface area contributed by atoms with Gasteiger partial charge in [0.05, 0.1) is 30.4 Å². The molecule has 0 aliphatic carbocycles. The SMILES string of the molecule is COc1cc(OC)c(Nc2ncnc(Nc3cccc4ncccc34)c2N)cc1Cl. The lowest BCUT2D eigenvalue weighted by atomic mass is 10.2. The molecule has 0 aliphatic rings. The maximum Gasteiger partial charge on any atom is 0.159 e. The third kappa shape index (κ3) is 3.72. The van der Waals surface area contributed by atoms with Crippen LogP contribution in [0, 0.1) is 0 Å². The normalized spacial score (nSPS) is 10.6. The minimum atomic E-state index is 0.340. The predicted octanol–water partition coefficient (Wildman–Crippen LogP) is 4.76. The summed E-state index contributed by atoms with van der Waals surface area (Å²) in [7, 11) is 3.09. The number of halogens is 1. The van der Waals surface area contributed by atoms with Crippen molar-refractivity contribution in [2.24, 2.45) is 0 Å². The minimum Gasteiger partial charge on any atom is -0.495 e. The van der Waals surface area contributed by atoms with E-state index in [1.54, 1.807) is 25.4 Å². The number of nitrogen functional groups attached to an aromatic ring is 1. The molecule has 0 unspecified atom stereocenters. The summed E-state index contributed by atoms with van der Waals surface area (Å²) in [5.41, 5.74) is 8.98. The van der Waals surface area contributed by atoms with Crippen molar-refractivity contribution in [3.8, 4) is 11.5 Å². The summed E-state index contributed by atoms with van der Waals surface area (Å²) < 4.78 is 10.7. The number of rotatable bonds is 6. The number of nitrogens with one attached hydrogen (secondary N) is 2. The zero-order chi connectivity index (χ0) is 21.1. The van der Waals surface area contributed by atoms with Gasteiger partial charge >= 0.3 is 0 Å². The van der Waals surface area contributed by atoms with Gasteiger partial charge in [-0.2, -0.15) is 0 Å². The fourth-order valence-corrected chi connectivity index (χ4v) is 3.26. The van der Waals surface area contributed by atoms with Gasteiger partial charge < -0.3 is 25.8 Å². The molecule has 0 aliphatic heterocycles. The number of fused-ring (bicyclic) bond motifs is 1. The smallest absolute Gasteiger partial charge is 0.159 e. The Morgan fingerprint density at radius 3 is 2.33 bits per heavy atom.